The van der Waals surface area contributed by atoms with E-state index in [2.05, 4.69) is 34.5 Å². The Morgan fingerprint density at radius 1 is 1.21 bits per heavy atom. The Balaban J connectivity index is 1.42. The van der Waals surface area contributed by atoms with E-state index >= 15 is 0 Å². The molecule has 3 rings (SSSR count). The van der Waals surface area contributed by atoms with E-state index in [0.717, 1.165) is 12.6 Å². The first-order valence-corrected chi connectivity index (χ1v) is 8.56. The minimum Gasteiger partial charge on any atom is -0.310 e. The van der Waals surface area contributed by atoms with E-state index in [1.807, 2.05) is 11.8 Å². The Morgan fingerprint density at radius 2 is 2.05 bits per heavy atom. The van der Waals surface area contributed by atoms with Gasteiger partial charge >= 0.3 is 0 Å². The van der Waals surface area contributed by atoms with E-state index in [1.54, 1.807) is 0 Å². The number of benzene rings is 1. The molecule has 1 aromatic carbocycles. The number of hydrogen-bond acceptors (Lipinski definition) is 3. The molecule has 1 aliphatic carbocycles. The molecule has 1 heterocycles. The van der Waals surface area contributed by atoms with Crippen molar-refractivity contribution in [1.29, 1.82) is 0 Å². The largest absolute Gasteiger partial charge is 0.310 e. The predicted octanol–water partition coefficient (Wildman–Crippen LogP) is 3.13. The van der Waals surface area contributed by atoms with E-state index in [0.29, 0.717) is 0 Å². The van der Waals surface area contributed by atoms with Gasteiger partial charge in [-0.15, -0.1) is 11.8 Å². The van der Waals surface area contributed by atoms with Gasteiger partial charge in [0.15, 0.2) is 0 Å². The first-order valence-electron chi connectivity index (χ1n) is 7.58. The second-order valence-electron chi connectivity index (χ2n) is 5.70. The molecule has 1 N–H and O–H groups in total. The van der Waals surface area contributed by atoms with Crippen LogP contribution in [0, 0.1) is 0 Å². The molecule has 104 valence electrons. The monoisotopic (exact) mass is 276 g/mol. The summed E-state index contributed by atoms with van der Waals surface area (Å²) in [5.41, 5.74) is 1.43. The van der Waals surface area contributed by atoms with Gasteiger partial charge < -0.3 is 10.2 Å². The third kappa shape index (κ3) is 4.51. The topological polar surface area (TPSA) is 15.3 Å². The third-order valence-corrected chi connectivity index (χ3v) is 4.92. The Kier molecular flexibility index (Phi) is 4.81. The molecular weight excluding hydrogens is 252 g/mol. The molecule has 0 radical (unpaired) electrons. The van der Waals surface area contributed by atoms with Crippen LogP contribution in [0.3, 0.4) is 0 Å². The zero-order chi connectivity index (χ0) is 12.9. The first kappa shape index (κ1) is 13.5. The average Bonchev–Trinajstić information content (AvgIpc) is 3.13. The highest BCUT2D eigenvalue weighted by molar-refractivity contribution is 7.99. The molecule has 0 bridgehead atoms. The van der Waals surface area contributed by atoms with Crippen molar-refractivity contribution >= 4 is 11.8 Å². The Bertz CT molecular complexity index is 397. The molecule has 19 heavy (non-hydrogen) atoms. The highest BCUT2D eigenvalue weighted by Crippen LogP contribution is 2.22. The molecule has 0 amide bonds. The molecule has 0 spiro atoms. The highest BCUT2D eigenvalue weighted by atomic mass is 32.2. The fourth-order valence-corrected chi connectivity index (χ4v) is 3.59. The lowest BCUT2D eigenvalue weighted by Gasteiger charge is -2.14. The van der Waals surface area contributed by atoms with Crippen LogP contribution in [0.25, 0.3) is 0 Å². The summed E-state index contributed by atoms with van der Waals surface area (Å²) in [6.07, 6.45) is 5.52. The zero-order valence-electron chi connectivity index (χ0n) is 11.6. The van der Waals surface area contributed by atoms with Gasteiger partial charge in [-0.25, -0.2) is 0 Å². The normalized spacial score (nSPS) is 20.0. The third-order valence-electron chi connectivity index (χ3n) is 3.95. The summed E-state index contributed by atoms with van der Waals surface area (Å²) in [7, 11) is 0. The second kappa shape index (κ2) is 6.78. The fourth-order valence-electron chi connectivity index (χ4n) is 2.59. The fraction of sp³-hybridized carbons (Fsp3) is 0.625. The molecule has 0 aromatic heterocycles. The smallest absolute Gasteiger partial charge is 0.0208 e. The van der Waals surface area contributed by atoms with E-state index in [-0.39, 0.29) is 0 Å². The zero-order valence-corrected chi connectivity index (χ0v) is 12.4. The molecule has 1 aromatic rings. The van der Waals surface area contributed by atoms with E-state index < -0.39 is 0 Å². The summed E-state index contributed by atoms with van der Waals surface area (Å²) < 4.78 is 0. The summed E-state index contributed by atoms with van der Waals surface area (Å²) in [6.45, 7) is 4.90. The van der Waals surface area contributed by atoms with E-state index in [4.69, 9.17) is 0 Å². The van der Waals surface area contributed by atoms with Gasteiger partial charge in [0.1, 0.15) is 0 Å². The van der Waals surface area contributed by atoms with Crippen molar-refractivity contribution in [1.82, 2.24) is 10.2 Å². The van der Waals surface area contributed by atoms with Crippen LogP contribution in [0.5, 0.6) is 0 Å². The van der Waals surface area contributed by atoms with E-state index in [9.17, 15) is 0 Å². The number of hydrogen-bond donors (Lipinski definition) is 1. The van der Waals surface area contributed by atoms with Gasteiger partial charge in [-0.1, -0.05) is 12.1 Å². The van der Waals surface area contributed by atoms with Crippen LogP contribution >= 0.6 is 11.8 Å². The molecular formula is C16H24N2S. The van der Waals surface area contributed by atoms with Crippen LogP contribution in [-0.4, -0.2) is 36.3 Å². The van der Waals surface area contributed by atoms with Crippen molar-refractivity contribution in [2.75, 3.05) is 25.4 Å². The van der Waals surface area contributed by atoms with Gasteiger partial charge in [-0.05, 0) is 56.5 Å². The van der Waals surface area contributed by atoms with Crippen molar-refractivity contribution in [2.24, 2.45) is 0 Å². The molecule has 2 aliphatic rings. The quantitative estimate of drug-likeness (QED) is 0.770. The Hall–Kier alpha value is -0.510. The summed E-state index contributed by atoms with van der Waals surface area (Å²) >= 11 is 2.00. The Morgan fingerprint density at radius 3 is 2.84 bits per heavy atom. The van der Waals surface area contributed by atoms with Crippen LogP contribution in [0.4, 0.5) is 0 Å². The van der Waals surface area contributed by atoms with Crippen LogP contribution < -0.4 is 5.32 Å². The summed E-state index contributed by atoms with van der Waals surface area (Å²) in [5, 5.41) is 3.58. The first-order chi connectivity index (χ1) is 9.40. The molecule has 0 atom stereocenters. The van der Waals surface area contributed by atoms with Gasteiger partial charge in [-0.3, -0.25) is 0 Å². The maximum absolute atomic E-state index is 3.58. The molecule has 1 aliphatic heterocycles. The Labute approximate surface area is 121 Å². The summed E-state index contributed by atoms with van der Waals surface area (Å²) in [5.74, 6) is 1.22. The maximum atomic E-state index is 3.58. The number of nitrogens with zero attached hydrogens (tertiary/aromatic N) is 1. The van der Waals surface area contributed by atoms with Gasteiger partial charge in [0.25, 0.3) is 0 Å². The standard InChI is InChI=1S/C16H24N2S/c1-2-9-18(8-1)10-11-19-16-5-3-4-14(12-16)13-17-15-6-7-15/h3-5,12,15,17H,1-2,6-11,13H2. The van der Waals surface area contributed by atoms with E-state index in [1.165, 1.54) is 61.5 Å². The molecule has 2 fully saturated rings. The summed E-state index contributed by atoms with van der Waals surface area (Å²) in [4.78, 5) is 4.01. The van der Waals surface area contributed by atoms with Crippen LogP contribution in [0.15, 0.2) is 29.2 Å². The lowest BCUT2D eigenvalue weighted by atomic mass is 10.2. The number of rotatable bonds is 7. The summed E-state index contributed by atoms with van der Waals surface area (Å²) in [6, 6.07) is 9.83. The number of nitrogens with one attached hydrogen (secondary N) is 1. The lowest BCUT2D eigenvalue weighted by molar-refractivity contribution is 0.362. The highest BCUT2D eigenvalue weighted by Gasteiger charge is 2.19. The van der Waals surface area contributed by atoms with Crippen molar-refractivity contribution in [2.45, 2.75) is 43.2 Å². The van der Waals surface area contributed by atoms with Gasteiger partial charge in [0, 0.05) is 29.8 Å². The minimum atomic E-state index is 0.798. The SMILES string of the molecule is c1cc(CNC2CC2)cc(SCCN2CCCC2)c1. The van der Waals surface area contributed by atoms with Crippen LogP contribution in [0.1, 0.15) is 31.2 Å². The van der Waals surface area contributed by atoms with Crippen molar-refractivity contribution < 1.29 is 0 Å². The van der Waals surface area contributed by atoms with Crippen LogP contribution in [-0.2, 0) is 6.54 Å². The molecule has 1 saturated heterocycles. The maximum Gasteiger partial charge on any atom is 0.0208 e. The molecule has 0 unspecified atom stereocenters. The second-order valence-corrected chi connectivity index (χ2v) is 6.87. The van der Waals surface area contributed by atoms with Crippen molar-refractivity contribution in [3.05, 3.63) is 29.8 Å². The molecule has 3 heteroatoms. The minimum absolute atomic E-state index is 0.798. The van der Waals surface area contributed by atoms with Crippen LogP contribution in [0.2, 0.25) is 0 Å². The number of likely N-dealkylation sites (tertiary alicyclic amines) is 1. The average molecular weight is 276 g/mol. The van der Waals surface area contributed by atoms with Gasteiger partial charge in [0.05, 0.1) is 0 Å². The van der Waals surface area contributed by atoms with Gasteiger partial charge in [0.2, 0.25) is 0 Å². The molecule has 2 nitrogen and oxygen atoms in total. The van der Waals surface area contributed by atoms with Crippen molar-refractivity contribution in [3.63, 3.8) is 0 Å². The van der Waals surface area contributed by atoms with Gasteiger partial charge in [-0.2, -0.15) is 0 Å². The van der Waals surface area contributed by atoms with Crippen molar-refractivity contribution in [3.8, 4) is 0 Å². The number of thioether (sulfide) groups is 1. The predicted molar refractivity (Wildman–Crippen MR) is 82.7 cm³/mol. The lowest BCUT2D eigenvalue weighted by Crippen LogP contribution is -2.21. The molecule has 1 saturated carbocycles.